The van der Waals surface area contributed by atoms with Crippen molar-refractivity contribution in [2.75, 3.05) is 0 Å². The number of rotatable bonds is 1. The maximum atomic E-state index is 10.7. The van der Waals surface area contributed by atoms with Gasteiger partial charge in [-0.2, -0.15) is 0 Å². The van der Waals surface area contributed by atoms with Crippen LogP contribution in [-0.2, 0) is 4.79 Å². The highest BCUT2D eigenvalue weighted by molar-refractivity contribution is 5.97. The highest BCUT2D eigenvalue weighted by Gasteiger charge is 2.21. The number of carbonyl (C=O) groups is 2. The third-order valence-corrected chi connectivity index (χ3v) is 1.51. The second-order valence-electron chi connectivity index (χ2n) is 2.33. The van der Waals surface area contributed by atoms with Gasteiger partial charge in [-0.15, -0.1) is 0 Å². The minimum absolute atomic E-state index is 0.0289. The molecule has 1 unspecified atom stereocenters. The lowest BCUT2D eigenvalue weighted by Crippen LogP contribution is -2.51. The van der Waals surface area contributed by atoms with Crippen LogP contribution in [0, 0.1) is 0 Å². The van der Waals surface area contributed by atoms with Gasteiger partial charge in [0.1, 0.15) is 0 Å². The Bertz CT molecular complexity index is 151. The largest absolute Gasteiger partial charge is 0.335 e. The molecule has 0 spiro atoms. The molecule has 10 heavy (non-hydrogen) atoms. The van der Waals surface area contributed by atoms with Crippen LogP contribution < -0.4 is 10.6 Å². The molecule has 1 fully saturated rings. The molecule has 4 nitrogen and oxygen atoms in total. The first-order valence-electron chi connectivity index (χ1n) is 3.32. The molecular weight excluding hydrogens is 132 g/mol. The van der Waals surface area contributed by atoms with Crippen LogP contribution in [0.2, 0.25) is 0 Å². The predicted octanol–water partition coefficient (Wildman–Crippen LogP) is -0.00550. The van der Waals surface area contributed by atoms with E-state index in [1.54, 1.807) is 0 Å². The lowest BCUT2D eigenvalue weighted by Gasteiger charge is -2.21. The minimum atomic E-state index is -0.372. The van der Waals surface area contributed by atoms with Crippen molar-refractivity contribution in [3.63, 3.8) is 0 Å². The molecule has 0 saturated carbocycles. The smallest absolute Gasteiger partial charge is 0.321 e. The molecule has 1 rings (SSSR count). The average Bonchev–Trinajstić information content (AvgIpc) is 1.85. The Morgan fingerprint density at radius 1 is 1.60 bits per heavy atom. The Hall–Kier alpha value is -1.06. The van der Waals surface area contributed by atoms with Crippen molar-refractivity contribution in [1.29, 1.82) is 0 Å². The Kier molecular flexibility index (Phi) is 1.89. The van der Waals surface area contributed by atoms with E-state index in [1.165, 1.54) is 0 Å². The first-order chi connectivity index (χ1) is 4.72. The molecule has 3 amide bonds. The molecular formula is C6H10N2O2. The summed E-state index contributed by atoms with van der Waals surface area (Å²) in [7, 11) is 0. The molecule has 1 aliphatic rings. The van der Waals surface area contributed by atoms with Crippen molar-refractivity contribution >= 4 is 11.9 Å². The molecule has 0 radical (unpaired) electrons. The summed E-state index contributed by atoms with van der Waals surface area (Å²) >= 11 is 0. The number of hydrogen-bond acceptors (Lipinski definition) is 2. The lowest BCUT2D eigenvalue weighted by atomic mass is 10.1. The van der Waals surface area contributed by atoms with E-state index in [4.69, 9.17) is 0 Å². The number of urea groups is 1. The number of carbonyl (C=O) groups excluding carboxylic acids is 2. The van der Waals surface area contributed by atoms with Crippen molar-refractivity contribution in [3.8, 4) is 0 Å². The third-order valence-electron chi connectivity index (χ3n) is 1.51. The molecule has 0 aliphatic carbocycles. The summed E-state index contributed by atoms with van der Waals surface area (Å²) in [5.74, 6) is -0.185. The highest BCUT2D eigenvalue weighted by atomic mass is 16.2. The predicted molar refractivity (Wildman–Crippen MR) is 35.4 cm³/mol. The second kappa shape index (κ2) is 2.68. The van der Waals surface area contributed by atoms with Gasteiger partial charge in [0.15, 0.2) is 0 Å². The topological polar surface area (TPSA) is 58.2 Å². The Balaban J connectivity index is 2.50. The van der Waals surface area contributed by atoms with Gasteiger partial charge in [-0.1, -0.05) is 6.92 Å². The zero-order valence-electron chi connectivity index (χ0n) is 5.81. The van der Waals surface area contributed by atoms with Crippen molar-refractivity contribution in [2.45, 2.75) is 25.8 Å². The van der Waals surface area contributed by atoms with Crippen LogP contribution >= 0.6 is 0 Å². The normalized spacial score (nSPS) is 25.5. The fourth-order valence-electron chi connectivity index (χ4n) is 0.920. The second-order valence-corrected chi connectivity index (χ2v) is 2.33. The van der Waals surface area contributed by atoms with E-state index in [1.807, 2.05) is 6.92 Å². The van der Waals surface area contributed by atoms with Gasteiger partial charge >= 0.3 is 6.03 Å². The number of imide groups is 1. The molecule has 0 aromatic heterocycles. The van der Waals surface area contributed by atoms with Crippen LogP contribution in [0.1, 0.15) is 19.8 Å². The summed E-state index contributed by atoms with van der Waals surface area (Å²) in [6.45, 7) is 1.93. The SMILES string of the molecule is CCC1CC(=O)NC(=O)N1. The first kappa shape index (κ1) is 7.05. The van der Waals surface area contributed by atoms with Crippen LogP contribution in [-0.4, -0.2) is 18.0 Å². The van der Waals surface area contributed by atoms with Gasteiger partial charge in [-0.25, -0.2) is 4.79 Å². The Morgan fingerprint density at radius 3 is 2.80 bits per heavy atom. The molecule has 1 saturated heterocycles. The van der Waals surface area contributed by atoms with E-state index in [-0.39, 0.29) is 18.0 Å². The maximum Gasteiger partial charge on any atom is 0.321 e. The van der Waals surface area contributed by atoms with Crippen LogP contribution in [0.3, 0.4) is 0 Å². The molecule has 0 aromatic carbocycles. The fourth-order valence-corrected chi connectivity index (χ4v) is 0.920. The number of hydrogen-bond donors (Lipinski definition) is 2. The van der Waals surface area contributed by atoms with Gasteiger partial charge in [0.25, 0.3) is 0 Å². The summed E-state index contributed by atoms with van der Waals surface area (Å²) in [6.07, 6.45) is 1.21. The van der Waals surface area contributed by atoms with Crippen LogP contribution in [0.4, 0.5) is 4.79 Å². The van der Waals surface area contributed by atoms with Gasteiger partial charge in [0.05, 0.1) is 0 Å². The molecule has 2 N–H and O–H groups in total. The molecule has 56 valence electrons. The molecule has 1 aliphatic heterocycles. The van der Waals surface area contributed by atoms with Gasteiger partial charge in [-0.3, -0.25) is 10.1 Å². The van der Waals surface area contributed by atoms with Crippen LogP contribution in [0.5, 0.6) is 0 Å². The van der Waals surface area contributed by atoms with Gasteiger partial charge in [-0.05, 0) is 6.42 Å². The van der Waals surface area contributed by atoms with Crippen LogP contribution in [0.15, 0.2) is 0 Å². The van der Waals surface area contributed by atoms with E-state index in [2.05, 4.69) is 10.6 Å². The summed E-state index contributed by atoms with van der Waals surface area (Å²) in [5.41, 5.74) is 0. The minimum Gasteiger partial charge on any atom is -0.335 e. The zero-order valence-corrected chi connectivity index (χ0v) is 5.81. The molecule has 1 heterocycles. The summed E-state index contributed by atoms with van der Waals surface area (Å²) in [5, 5.41) is 4.78. The van der Waals surface area contributed by atoms with Gasteiger partial charge in [0.2, 0.25) is 5.91 Å². The van der Waals surface area contributed by atoms with Crippen molar-refractivity contribution < 1.29 is 9.59 Å². The Labute approximate surface area is 59.0 Å². The van der Waals surface area contributed by atoms with Crippen molar-refractivity contribution in [2.24, 2.45) is 0 Å². The van der Waals surface area contributed by atoms with Crippen molar-refractivity contribution in [3.05, 3.63) is 0 Å². The fraction of sp³-hybridized carbons (Fsp3) is 0.667. The molecule has 0 bridgehead atoms. The molecule has 0 aromatic rings. The summed E-state index contributed by atoms with van der Waals surface area (Å²) in [4.78, 5) is 21.3. The molecule has 1 atom stereocenters. The highest BCUT2D eigenvalue weighted by Crippen LogP contribution is 2.00. The van der Waals surface area contributed by atoms with E-state index in [0.717, 1.165) is 6.42 Å². The first-order valence-corrected chi connectivity index (χ1v) is 3.32. The van der Waals surface area contributed by atoms with E-state index >= 15 is 0 Å². The third kappa shape index (κ3) is 1.46. The summed E-state index contributed by atoms with van der Waals surface area (Å²) in [6, 6.07) is -0.343. The van der Waals surface area contributed by atoms with E-state index in [9.17, 15) is 9.59 Å². The molecule has 4 heteroatoms. The Morgan fingerprint density at radius 2 is 2.30 bits per heavy atom. The van der Waals surface area contributed by atoms with Gasteiger partial charge < -0.3 is 5.32 Å². The summed E-state index contributed by atoms with van der Waals surface area (Å²) < 4.78 is 0. The monoisotopic (exact) mass is 142 g/mol. The zero-order chi connectivity index (χ0) is 7.56. The lowest BCUT2D eigenvalue weighted by molar-refractivity contribution is -0.121. The maximum absolute atomic E-state index is 10.7. The van der Waals surface area contributed by atoms with E-state index < -0.39 is 0 Å². The standard InChI is InChI=1S/C6H10N2O2/c1-2-4-3-5(9)8-6(10)7-4/h4H,2-3H2,1H3,(H2,7,8,9,10). The number of amides is 3. The van der Waals surface area contributed by atoms with Gasteiger partial charge in [0, 0.05) is 12.5 Å². The quantitative estimate of drug-likeness (QED) is 0.541. The number of nitrogens with one attached hydrogen (secondary N) is 2. The van der Waals surface area contributed by atoms with E-state index in [0.29, 0.717) is 6.42 Å². The van der Waals surface area contributed by atoms with Crippen molar-refractivity contribution in [1.82, 2.24) is 10.6 Å². The average molecular weight is 142 g/mol. The van der Waals surface area contributed by atoms with Crippen LogP contribution in [0.25, 0.3) is 0 Å².